The molecule has 4 aromatic rings. The summed E-state index contributed by atoms with van der Waals surface area (Å²) < 4.78 is 18.9. The maximum absolute atomic E-state index is 11.7. The molecule has 1 atom stereocenters. The molecule has 0 aliphatic rings. The van der Waals surface area contributed by atoms with Gasteiger partial charge in [-0.15, -0.1) is 10.2 Å². The number of thioether (sulfide) groups is 1. The number of aromatic nitrogens is 3. The molecule has 12 heteroatoms. The van der Waals surface area contributed by atoms with Crippen molar-refractivity contribution < 1.29 is 19.1 Å². The number of hydrogen-bond acceptors (Lipinski definition) is 9. The lowest BCUT2D eigenvalue weighted by Gasteiger charge is -2.18. The highest BCUT2D eigenvalue weighted by Gasteiger charge is 2.26. The van der Waals surface area contributed by atoms with Gasteiger partial charge in [0.1, 0.15) is 23.4 Å². The van der Waals surface area contributed by atoms with Crippen LogP contribution in [0.2, 0.25) is 5.02 Å². The van der Waals surface area contributed by atoms with E-state index in [0.717, 1.165) is 11.4 Å². The summed E-state index contributed by atoms with van der Waals surface area (Å²) in [6, 6.07) is 20.0. The predicted molar refractivity (Wildman–Crippen MR) is 151 cm³/mol. The Kier molecular flexibility index (Phi) is 9.47. The summed E-state index contributed by atoms with van der Waals surface area (Å²) in [6.07, 6.45) is 0. The molecule has 0 N–H and O–H groups in total. The van der Waals surface area contributed by atoms with Crippen LogP contribution in [0.25, 0.3) is 5.69 Å². The lowest BCUT2D eigenvalue weighted by molar-refractivity contribution is -0.479. The Morgan fingerprint density at radius 1 is 1.15 bits per heavy atom. The van der Waals surface area contributed by atoms with Crippen LogP contribution >= 0.6 is 23.4 Å². The van der Waals surface area contributed by atoms with Gasteiger partial charge in [-0.3, -0.25) is 14.7 Å². The molecule has 10 nitrogen and oxygen atoms in total. The van der Waals surface area contributed by atoms with Crippen molar-refractivity contribution in [2.75, 3.05) is 20.3 Å². The SMILES string of the molecule is CCOc1ccc(-n2c(C)nnc2S[C@H](C[N+](=O)[O-])c2cc(Cl)c(OCc3ccccc3C#N)c(OC)c2)cc1. The predicted octanol–water partition coefficient (Wildman–Crippen LogP) is 6.20. The molecule has 40 heavy (non-hydrogen) atoms. The molecule has 0 amide bonds. The van der Waals surface area contributed by atoms with Crippen molar-refractivity contribution in [1.82, 2.24) is 14.8 Å². The molecule has 0 fully saturated rings. The van der Waals surface area contributed by atoms with Gasteiger partial charge in [0.25, 0.3) is 0 Å². The molecule has 0 radical (unpaired) electrons. The summed E-state index contributed by atoms with van der Waals surface area (Å²) in [5.74, 6) is 1.95. The van der Waals surface area contributed by atoms with Gasteiger partial charge < -0.3 is 14.2 Å². The van der Waals surface area contributed by atoms with Gasteiger partial charge in [-0.1, -0.05) is 41.6 Å². The van der Waals surface area contributed by atoms with Crippen LogP contribution in [-0.2, 0) is 6.61 Å². The number of benzene rings is 3. The fraction of sp³-hybridized carbons (Fsp3) is 0.250. The highest BCUT2D eigenvalue weighted by atomic mass is 35.5. The number of nitrogens with zero attached hydrogens (tertiary/aromatic N) is 5. The van der Waals surface area contributed by atoms with E-state index in [1.165, 1.54) is 18.9 Å². The highest BCUT2D eigenvalue weighted by Crippen LogP contribution is 2.43. The number of halogens is 1. The molecule has 0 saturated carbocycles. The van der Waals surface area contributed by atoms with Crippen molar-refractivity contribution in [3.8, 4) is 29.0 Å². The molecule has 1 aromatic heterocycles. The lowest BCUT2D eigenvalue weighted by atomic mass is 10.1. The second-order valence-electron chi connectivity index (χ2n) is 8.51. The Bertz CT molecular complexity index is 1540. The first-order valence-electron chi connectivity index (χ1n) is 12.3. The van der Waals surface area contributed by atoms with Crippen LogP contribution in [0, 0.1) is 28.4 Å². The van der Waals surface area contributed by atoms with Crippen molar-refractivity contribution >= 4 is 23.4 Å². The van der Waals surface area contributed by atoms with Gasteiger partial charge in [-0.2, -0.15) is 5.26 Å². The fourth-order valence-electron chi connectivity index (χ4n) is 4.02. The molecular formula is C28H26ClN5O5S. The lowest BCUT2D eigenvalue weighted by Crippen LogP contribution is -2.12. The van der Waals surface area contributed by atoms with E-state index < -0.39 is 11.8 Å². The first-order chi connectivity index (χ1) is 19.3. The Morgan fingerprint density at radius 3 is 2.58 bits per heavy atom. The normalized spacial score (nSPS) is 11.5. The molecule has 0 bridgehead atoms. The second kappa shape index (κ2) is 13.2. The summed E-state index contributed by atoms with van der Waals surface area (Å²) in [7, 11) is 1.47. The molecule has 4 rings (SSSR count). The number of ether oxygens (including phenoxy) is 3. The third-order valence-corrected chi connectivity index (χ3v) is 7.36. The maximum atomic E-state index is 11.7. The third kappa shape index (κ3) is 6.65. The molecule has 0 spiro atoms. The van der Waals surface area contributed by atoms with E-state index in [1.54, 1.807) is 30.3 Å². The summed E-state index contributed by atoms with van der Waals surface area (Å²) in [5.41, 5.74) is 2.54. The maximum Gasteiger partial charge on any atom is 0.220 e. The summed E-state index contributed by atoms with van der Waals surface area (Å²) in [5, 5.41) is 29.6. The molecule has 1 heterocycles. The minimum Gasteiger partial charge on any atom is -0.494 e. The standard InChI is InChI=1S/C28H26ClN5O5S/c1-4-38-23-11-9-22(10-12-23)34-18(2)31-32-28(34)40-26(16-33(35)36)21-13-24(29)27(25(14-21)37-3)39-17-20-8-6-5-7-19(20)15-30/h5-14,26H,4,16-17H2,1-3H3/t26-/m1/s1. The van der Waals surface area contributed by atoms with E-state index in [9.17, 15) is 15.4 Å². The molecule has 0 aliphatic carbocycles. The summed E-state index contributed by atoms with van der Waals surface area (Å²) in [6.45, 7) is 3.98. The molecular weight excluding hydrogens is 554 g/mol. The fourth-order valence-corrected chi connectivity index (χ4v) is 5.45. The summed E-state index contributed by atoms with van der Waals surface area (Å²) in [4.78, 5) is 11.3. The number of nitriles is 1. The smallest absolute Gasteiger partial charge is 0.220 e. The monoisotopic (exact) mass is 579 g/mol. The highest BCUT2D eigenvalue weighted by molar-refractivity contribution is 7.99. The van der Waals surface area contributed by atoms with E-state index in [0.29, 0.717) is 40.0 Å². The van der Waals surface area contributed by atoms with Gasteiger partial charge in [0.05, 0.1) is 30.4 Å². The summed E-state index contributed by atoms with van der Waals surface area (Å²) >= 11 is 7.82. The minimum absolute atomic E-state index is 0.0940. The zero-order valence-electron chi connectivity index (χ0n) is 22.0. The quantitative estimate of drug-likeness (QED) is 0.109. The van der Waals surface area contributed by atoms with Crippen LogP contribution in [0.3, 0.4) is 0 Å². The number of aryl methyl sites for hydroxylation is 1. The van der Waals surface area contributed by atoms with Crippen molar-refractivity contribution in [1.29, 1.82) is 5.26 Å². The number of hydrogen-bond donors (Lipinski definition) is 0. The van der Waals surface area contributed by atoms with Gasteiger partial charge in [0, 0.05) is 16.2 Å². The van der Waals surface area contributed by atoms with Gasteiger partial charge in [0.2, 0.25) is 6.54 Å². The first kappa shape index (κ1) is 28.7. The van der Waals surface area contributed by atoms with Crippen LogP contribution in [0.5, 0.6) is 17.2 Å². The largest absolute Gasteiger partial charge is 0.494 e. The van der Waals surface area contributed by atoms with Crippen LogP contribution in [-0.4, -0.2) is 39.9 Å². The van der Waals surface area contributed by atoms with Crippen molar-refractivity contribution in [2.45, 2.75) is 30.9 Å². The molecule has 206 valence electrons. The van der Waals surface area contributed by atoms with Crippen LogP contribution < -0.4 is 14.2 Å². The van der Waals surface area contributed by atoms with E-state index in [2.05, 4.69) is 16.3 Å². The third-order valence-electron chi connectivity index (χ3n) is 5.90. The van der Waals surface area contributed by atoms with E-state index in [4.69, 9.17) is 25.8 Å². The zero-order chi connectivity index (χ0) is 28.6. The average molecular weight is 580 g/mol. The Hall–Kier alpha value is -4.27. The molecule has 0 aliphatic heterocycles. The Balaban J connectivity index is 1.64. The van der Waals surface area contributed by atoms with E-state index >= 15 is 0 Å². The van der Waals surface area contributed by atoms with E-state index in [1.807, 2.05) is 48.7 Å². The van der Waals surface area contributed by atoms with Crippen molar-refractivity contribution in [3.63, 3.8) is 0 Å². The number of methoxy groups -OCH3 is 1. The minimum atomic E-state index is -0.667. The number of nitro groups is 1. The molecule has 0 unspecified atom stereocenters. The van der Waals surface area contributed by atoms with Gasteiger partial charge in [0.15, 0.2) is 16.7 Å². The second-order valence-corrected chi connectivity index (χ2v) is 10.1. The van der Waals surface area contributed by atoms with Gasteiger partial charge in [-0.05, 0) is 61.9 Å². The van der Waals surface area contributed by atoms with Crippen LogP contribution in [0.15, 0.2) is 65.8 Å². The van der Waals surface area contributed by atoms with Gasteiger partial charge in [-0.25, -0.2) is 0 Å². The Morgan fingerprint density at radius 2 is 1.90 bits per heavy atom. The van der Waals surface area contributed by atoms with Gasteiger partial charge >= 0.3 is 0 Å². The van der Waals surface area contributed by atoms with Crippen LogP contribution in [0.1, 0.15) is 34.7 Å². The van der Waals surface area contributed by atoms with E-state index in [-0.39, 0.29) is 22.3 Å². The Labute approximate surface area is 240 Å². The number of rotatable bonds is 12. The van der Waals surface area contributed by atoms with Crippen molar-refractivity contribution in [2.24, 2.45) is 0 Å². The molecule has 0 saturated heterocycles. The van der Waals surface area contributed by atoms with Crippen molar-refractivity contribution in [3.05, 3.63) is 98.3 Å². The average Bonchev–Trinajstić information content (AvgIpc) is 3.31. The molecule has 3 aromatic carbocycles. The first-order valence-corrected chi connectivity index (χ1v) is 13.5. The van der Waals surface area contributed by atoms with Crippen LogP contribution in [0.4, 0.5) is 0 Å². The topological polar surface area (TPSA) is 125 Å². The zero-order valence-corrected chi connectivity index (χ0v) is 23.6.